The van der Waals surface area contributed by atoms with Gasteiger partial charge in [-0.3, -0.25) is 0 Å². The minimum Gasteiger partial charge on any atom is -0.446 e. The van der Waals surface area contributed by atoms with Gasteiger partial charge in [-0.2, -0.15) is 12.7 Å². The number of carbonyl (C=O) groups is 1. The normalized spacial score (nSPS) is 18.4. The van der Waals surface area contributed by atoms with E-state index < -0.39 is 16.3 Å². The molecule has 0 bridgehead atoms. The second-order valence-corrected chi connectivity index (χ2v) is 5.38. The van der Waals surface area contributed by atoms with Gasteiger partial charge in [0.05, 0.1) is 6.10 Å². The summed E-state index contributed by atoms with van der Waals surface area (Å²) < 4.78 is 31.1. The second kappa shape index (κ2) is 5.46. The highest BCUT2D eigenvalue weighted by molar-refractivity contribution is 7.87. The van der Waals surface area contributed by atoms with Crippen molar-refractivity contribution in [1.82, 2.24) is 14.3 Å². The molecule has 0 spiro atoms. The molecular formula is C8H17N3O4S. The fourth-order valence-corrected chi connectivity index (χ4v) is 2.34. The fraction of sp³-hybridized carbons (Fsp3) is 0.875. The zero-order chi connectivity index (χ0) is 12.2. The van der Waals surface area contributed by atoms with Crippen molar-refractivity contribution in [3.63, 3.8) is 0 Å². The summed E-state index contributed by atoms with van der Waals surface area (Å²) in [4.78, 5) is 11.2. The van der Waals surface area contributed by atoms with Crippen molar-refractivity contribution in [2.24, 2.45) is 0 Å². The number of amides is 1. The third kappa shape index (κ3) is 3.95. The molecule has 1 aliphatic heterocycles. The first-order valence-corrected chi connectivity index (χ1v) is 6.55. The highest BCUT2D eigenvalue weighted by Gasteiger charge is 2.26. The van der Waals surface area contributed by atoms with E-state index in [9.17, 15) is 13.2 Å². The molecule has 8 heteroatoms. The van der Waals surface area contributed by atoms with Gasteiger partial charge >= 0.3 is 16.3 Å². The molecule has 16 heavy (non-hydrogen) atoms. The predicted octanol–water partition coefficient (Wildman–Crippen LogP) is -0.729. The molecule has 0 unspecified atom stereocenters. The Kier molecular flexibility index (Phi) is 4.51. The predicted molar refractivity (Wildman–Crippen MR) is 58.1 cm³/mol. The van der Waals surface area contributed by atoms with Crippen LogP contribution in [0.5, 0.6) is 0 Å². The van der Waals surface area contributed by atoms with Crippen molar-refractivity contribution in [3.8, 4) is 0 Å². The summed E-state index contributed by atoms with van der Waals surface area (Å²) in [7, 11) is -3.76. The average molecular weight is 251 g/mol. The summed E-state index contributed by atoms with van der Waals surface area (Å²) in [5.74, 6) is 0. The summed E-state index contributed by atoms with van der Waals surface area (Å²) in [5, 5.41) is 3.02. The van der Waals surface area contributed by atoms with Gasteiger partial charge in [0.15, 0.2) is 0 Å². The van der Waals surface area contributed by atoms with Crippen molar-refractivity contribution in [1.29, 1.82) is 0 Å². The van der Waals surface area contributed by atoms with Crippen molar-refractivity contribution in [2.75, 3.05) is 26.2 Å². The molecule has 94 valence electrons. The molecule has 1 rings (SSSR count). The monoisotopic (exact) mass is 251 g/mol. The molecule has 1 fully saturated rings. The lowest BCUT2D eigenvalue weighted by Gasteiger charge is -2.26. The Hall–Kier alpha value is -0.860. The van der Waals surface area contributed by atoms with Gasteiger partial charge in [-0.15, -0.1) is 0 Å². The Morgan fingerprint density at radius 1 is 1.38 bits per heavy atom. The third-order valence-corrected chi connectivity index (χ3v) is 3.44. The number of rotatable bonds is 3. The molecule has 1 heterocycles. The zero-order valence-electron chi connectivity index (χ0n) is 9.39. The topological polar surface area (TPSA) is 87.7 Å². The number of nitrogens with one attached hydrogen (secondary N) is 2. The number of ether oxygens (including phenoxy) is 1. The maximum atomic E-state index is 11.7. The molecule has 7 nitrogen and oxygen atoms in total. The number of carbonyl (C=O) groups excluding carboxylic acids is 1. The molecule has 0 aromatic carbocycles. The van der Waals surface area contributed by atoms with Crippen LogP contribution in [0.1, 0.15) is 13.8 Å². The first-order chi connectivity index (χ1) is 7.42. The van der Waals surface area contributed by atoms with E-state index in [0.717, 1.165) is 0 Å². The maximum absolute atomic E-state index is 11.7. The van der Waals surface area contributed by atoms with E-state index in [4.69, 9.17) is 4.74 Å². The molecule has 1 amide bonds. The van der Waals surface area contributed by atoms with E-state index in [1.54, 1.807) is 13.8 Å². The highest BCUT2D eigenvalue weighted by Crippen LogP contribution is 2.00. The molecule has 0 aromatic heterocycles. The van der Waals surface area contributed by atoms with Crippen LogP contribution in [0.15, 0.2) is 0 Å². The smallest absolute Gasteiger partial charge is 0.422 e. The van der Waals surface area contributed by atoms with E-state index in [-0.39, 0.29) is 6.10 Å². The first-order valence-electron chi connectivity index (χ1n) is 5.11. The molecule has 1 aliphatic rings. The second-order valence-electron chi connectivity index (χ2n) is 3.71. The Labute approximate surface area is 95.3 Å². The van der Waals surface area contributed by atoms with Gasteiger partial charge in [0, 0.05) is 26.2 Å². The molecule has 2 N–H and O–H groups in total. The van der Waals surface area contributed by atoms with Crippen LogP contribution in [0.4, 0.5) is 4.79 Å². The van der Waals surface area contributed by atoms with Crippen LogP contribution in [0, 0.1) is 0 Å². The zero-order valence-corrected chi connectivity index (χ0v) is 10.2. The maximum Gasteiger partial charge on any atom is 0.422 e. The van der Waals surface area contributed by atoms with Crippen LogP contribution in [0.2, 0.25) is 0 Å². The van der Waals surface area contributed by atoms with Gasteiger partial charge in [-0.05, 0) is 13.8 Å². The molecule has 1 saturated heterocycles. The Bertz CT molecular complexity index is 335. The van der Waals surface area contributed by atoms with Crippen molar-refractivity contribution in [3.05, 3.63) is 0 Å². The minimum atomic E-state index is -3.76. The molecule has 0 saturated carbocycles. The van der Waals surface area contributed by atoms with E-state index in [1.807, 2.05) is 4.72 Å². The van der Waals surface area contributed by atoms with Crippen molar-refractivity contribution < 1.29 is 17.9 Å². The Morgan fingerprint density at radius 2 is 1.94 bits per heavy atom. The quantitative estimate of drug-likeness (QED) is 0.690. The molecule has 0 aromatic rings. The van der Waals surface area contributed by atoms with Crippen LogP contribution in [-0.2, 0) is 14.9 Å². The van der Waals surface area contributed by atoms with Crippen molar-refractivity contribution in [2.45, 2.75) is 20.0 Å². The summed E-state index contributed by atoms with van der Waals surface area (Å²) in [6, 6.07) is 0. The third-order valence-electron chi connectivity index (χ3n) is 1.97. The number of hydrogen-bond donors (Lipinski definition) is 2. The lowest BCUT2D eigenvalue weighted by Crippen LogP contribution is -2.51. The van der Waals surface area contributed by atoms with Gasteiger partial charge in [-0.25, -0.2) is 9.52 Å². The van der Waals surface area contributed by atoms with Crippen LogP contribution in [-0.4, -0.2) is 51.1 Å². The van der Waals surface area contributed by atoms with Gasteiger partial charge < -0.3 is 10.1 Å². The molecule has 0 atom stereocenters. The van der Waals surface area contributed by atoms with Gasteiger partial charge in [0.25, 0.3) is 0 Å². The van der Waals surface area contributed by atoms with Crippen LogP contribution in [0.25, 0.3) is 0 Å². The molecule has 0 aliphatic carbocycles. The van der Waals surface area contributed by atoms with Gasteiger partial charge in [0.2, 0.25) is 0 Å². The summed E-state index contributed by atoms with van der Waals surface area (Å²) in [6.07, 6.45) is -1.29. The Balaban J connectivity index is 2.53. The standard InChI is InChI=1S/C8H17N3O4S/c1-7(2)15-8(12)10-16(13,14)11-5-3-9-4-6-11/h7,9H,3-6H2,1-2H3,(H,10,12). The van der Waals surface area contributed by atoms with Crippen LogP contribution >= 0.6 is 0 Å². The number of nitrogens with zero attached hydrogens (tertiary/aromatic N) is 1. The summed E-state index contributed by atoms with van der Waals surface area (Å²) in [6.45, 7) is 5.17. The largest absolute Gasteiger partial charge is 0.446 e. The lowest BCUT2D eigenvalue weighted by atomic mass is 10.4. The average Bonchev–Trinajstić information content (AvgIpc) is 2.16. The van der Waals surface area contributed by atoms with Crippen LogP contribution < -0.4 is 10.0 Å². The van der Waals surface area contributed by atoms with Gasteiger partial charge in [0.1, 0.15) is 0 Å². The Morgan fingerprint density at radius 3 is 2.44 bits per heavy atom. The molecular weight excluding hydrogens is 234 g/mol. The van der Waals surface area contributed by atoms with E-state index in [0.29, 0.717) is 26.2 Å². The minimum absolute atomic E-state index is 0.349. The summed E-state index contributed by atoms with van der Waals surface area (Å²) >= 11 is 0. The summed E-state index contributed by atoms with van der Waals surface area (Å²) in [5.41, 5.74) is 0. The molecule has 0 radical (unpaired) electrons. The van der Waals surface area contributed by atoms with E-state index >= 15 is 0 Å². The highest BCUT2D eigenvalue weighted by atomic mass is 32.2. The van der Waals surface area contributed by atoms with E-state index in [1.165, 1.54) is 4.31 Å². The van der Waals surface area contributed by atoms with Crippen LogP contribution in [0.3, 0.4) is 0 Å². The number of piperazine rings is 1. The van der Waals surface area contributed by atoms with Gasteiger partial charge in [-0.1, -0.05) is 0 Å². The SMILES string of the molecule is CC(C)OC(=O)NS(=O)(=O)N1CCNCC1. The fourth-order valence-electron chi connectivity index (χ4n) is 1.29. The first kappa shape index (κ1) is 13.2. The number of hydrogen-bond acceptors (Lipinski definition) is 5. The lowest BCUT2D eigenvalue weighted by molar-refractivity contribution is 0.121. The van der Waals surface area contributed by atoms with Crippen molar-refractivity contribution >= 4 is 16.3 Å². The van der Waals surface area contributed by atoms with E-state index in [2.05, 4.69) is 5.32 Å².